The summed E-state index contributed by atoms with van der Waals surface area (Å²) in [5.41, 5.74) is 3.28. The van der Waals surface area contributed by atoms with Gasteiger partial charge >= 0.3 is 0 Å². The summed E-state index contributed by atoms with van der Waals surface area (Å²) >= 11 is 0. The van der Waals surface area contributed by atoms with Crippen LogP contribution in [0.2, 0.25) is 0 Å². The van der Waals surface area contributed by atoms with Crippen molar-refractivity contribution in [2.75, 3.05) is 0 Å². The first kappa shape index (κ1) is 11.0. The van der Waals surface area contributed by atoms with Gasteiger partial charge in [-0.3, -0.25) is 0 Å². The summed E-state index contributed by atoms with van der Waals surface area (Å²) in [6, 6.07) is 14.9. The lowest BCUT2D eigenvalue weighted by atomic mass is 10.0. The average Bonchev–Trinajstić information content (AvgIpc) is 2.80. The van der Waals surface area contributed by atoms with E-state index in [-0.39, 0.29) is 5.82 Å². The molecule has 0 saturated heterocycles. The number of benzene rings is 2. The number of nitrogens with one attached hydrogen (secondary N) is 1. The molecule has 1 heterocycles. The molecule has 89 valence electrons. The van der Waals surface area contributed by atoms with Gasteiger partial charge in [0, 0.05) is 17.1 Å². The summed E-state index contributed by atoms with van der Waals surface area (Å²) in [6.45, 7) is 0. The highest BCUT2D eigenvalue weighted by Crippen LogP contribution is 2.20. The van der Waals surface area contributed by atoms with Gasteiger partial charge in [0.25, 0.3) is 0 Å². The van der Waals surface area contributed by atoms with Crippen LogP contribution in [0, 0.1) is 12.2 Å². The Morgan fingerprint density at radius 3 is 2.83 bits per heavy atom. The quantitative estimate of drug-likeness (QED) is 0.707. The maximum atomic E-state index is 13.1. The van der Waals surface area contributed by atoms with Gasteiger partial charge in [-0.05, 0) is 42.2 Å². The van der Waals surface area contributed by atoms with Crippen LogP contribution < -0.4 is 0 Å². The fourth-order valence-electron chi connectivity index (χ4n) is 2.15. The fourth-order valence-corrected chi connectivity index (χ4v) is 2.15. The van der Waals surface area contributed by atoms with Gasteiger partial charge in [0.2, 0.25) is 0 Å². The van der Waals surface area contributed by atoms with E-state index in [0.29, 0.717) is 0 Å². The Bertz CT molecular complexity index is 669. The van der Waals surface area contributed by atoms with Crippen LogP contribution in [-0.2, 0) is 6.42 Å². The van der Waals surface area contributed by atoms with Crippen LogP contribution >= 0.6 is 0 Å². The minimum atomic E-state index is -0.181. The Morgan fingerprint density at radius 2 is 1.94 bits per heavy atom. The molecule has 3 rings (SSSR count). The van der Waals surface area contributed by atoms with Crippen molar-refractivity contribution < 1.29 is 4.39 Å². The molecule has 0 aliphatic rings. The van der Waals surface area contributed by atoms with Crippen molar-refractivity contribution in [1.82, 2.24) is 4.98 Å². The molecule has 1 N–H and O–H groups in total. The summed E-state index contributed by atoms with van der Waals surface area (Å²) in [5.74, 6) is -0.181. The molecule has 2 aromatic carbocycles. The van der Waals surface area contributed by atoms with E-state index in [9.17, 15) is 4.39 Å². The number of aromatic amines is 1. The smallest absolute Gasteiger partial charge is 0.123 e. The Labute approximate surface area is 105 Å². The normalized spacial score (nSPS) is 10.9. The molecule has 0 aliphatic heterocycles. The van der Waals surface area contributed by atoms with Crippen molar-refractivity contribution in [2.45, 2.75) is 6.42 Å². The first-order valence-electron chi connectivity index (χ1n) is 5.97. The Morgan fingerprint density at radius 1 is 1.06 bits per heavy atom. The van der Waals surface area contributed by atoms with Gasteiger partial charge in [-0.2, -0.15) is 0 Å². The topological polar surface area (TPSA) is 15.8 Å². The third kappa shape index (κ3) is 2.14. The van der Waals surface area contributed by atoms with Gasteiger partial charge < -0.3 is 4.98 Å². The molecule has 0 bridgehead atoms. The largest absolute Gasteiger partial charge is 0.361 e. The van der Waals surface area contributed by atoms with Crippen LogP contribution in [0.3, 0.4) is 0 Å². The zero-order valence-electron chi connectivity index (χ0n) is 9.86. The van der Waals surface area contributed by atoms with Gasteiger partial charge in [-0.15, -0.1) is 0 Å². The van der Waals surface area contributed by atoms with Crippen molar-refractivity contribution in [3.63, 3.8) is 0 Å². The van der Waals surface area contributed by atoms with Crippen molar-refractivity contribution in [1.29, 1.82) is 0 Å². The number of rotatable bonds is 3. The second kappa shape index (κ2) is 4.65. The summed E-state index contributed by atoms with van der Waals surface area (Å²) in [5, 5.41) is 1.20. The number of H-pyrrole nitrogens is 1. The molecule has 0 atom stereocenters. The standard InChI is InChI=1S/C16H13FN/c17-14-5-3-4-12(10-14)8-9-13-11-18-16-7-2-1-6-15(13)16/h1-7,9-11,18H,8H2. The molecule has 2 heteroatoms. The van der Waals surface area contributed by atoms with Crippen LogP contribution in [0.15, 0.2) is 54.7 Å². The Kier molecular flexibility index (Phi) is 2.85. The lowest BCUT2D eigenvalue weighted by Gasteiger charge is -2.00. The predicted molar refractivity (Wildman–Crippen MR) is 71.8 cm³/mol. The van der Waals surface area contributed by atoms with E-state index in [2.05, 4.69) is 23.5 Å². The summed E-state index contributed by atoms with van der Waals surface area (Å²) in [6.07, 6.45) is 4.84. The van der Waals surface area contributed by atoms with Crippen LogP contribution in [-0.4, -0.2) is 4.98 Å². The number of hydrogen-bond donors (Lipinski definition) is 1. The monoisotopic (exact) mass is 238 g/mol. The van der Waals surface area contributed by atoms with E-state index in [1.807, 2.05) is 24.4 Å². The van der Waals surface area contributed by atoms with Gasteiger partial charge in [0.05, 0.1) is 0 Å². The van der Waals surface area contributed by atoms with E-state index in [4.69, 9.17) is 0 Å². The van der Waals surface area contributed by atoms with Crippen molar-refractivity contribution in [3.8, 4) is 0 Å². The first-order valence-corrected chi connectivity index (χ1v) is 5.97. The van der Waals surface area contributed by atoms with Crippen LogP contribution in [0.25, 0.3) is 10.9 Å². The molecular formula is C16H13FN. The van der Waals surface area contributed by atoms with E-state index in [1.54, 1.807) is 12.1 Å². The molecule has 0 amide bonds. The SMILES string of the molecule is Fc1cccc(C[CH]c2c[nH]c3ccccc23)c1. The number of halogens is 1. The van der Waals surface area contributed by atoms with Gasteiger partial charge in [0.15, 0.2) is 0 Å². The average molecular weight is 238 g/mol. The molecule has 1 nitrogen and oxygen atoms in total. The highest BCUT2D eigenvalue weighted by atomic mass is 19.1. The lowest BCUT2D eigenvalue weighted by Crippen LogP contribution is -1.88. The third-order valence-electron chi connectivity index (χ3n) is 3.07. The van der Waals surface area contributed by atoms with Crippen molar-refractivity contribution >= 4 is 10.9 Å². The van der Waals surface area contributed by atoms with Gasteiger partial charge in [-0.1, -0.05) is 30.3 Å². The molecule has 18 heavy (non-hydrogen) atoms. The molecule has 0 unspecified atom stereocenters. The third-order valence-corrected chi connectivity index (χ3v) is 3.07. The summed E-state index contributed by atoms with van der Waals surface area (Å²) in [7, 11) is 0. The van der Waals surface area contributed by atoms with Gasteiger partial charge in [0.1, 0.15) is 5.82 Å². The van der Waals surface area contributed by atoms with E-state index in [1.165, 1.54) is 11.5 Å². The van der Waals surface area contributed by atoms with Crippen LogP contribution in [0.5, 0.6) is 0 Å². The van der Waals surface area contributed by atoms with Crippen molar-refractivity contribution in [2.24, 2.45) is 0 Å². The van der Waals surface area contributed by atoms with E-state index >= 15 is 0 Å². The molecule has 0 spiro atoms. The second-order valence-corrected chi connectivity index (χ2v) is 4.33. The number of hydrogen-bond acceptors (Lipinski definition) is 0. The van der Waals surface area contributed by atoms with E-state index in [0.717, 1.165) is 23.1 Å². The van der Waals surface area contributed by atoms with Crippen LogP contribution in [0.1, 0.15) is 11.1 Å². The van der Waals surface area contributed by atoms with Crippen LogP contribution in [0.4, 0.5) is 4.39 Å². The summed E-state index contributed by atoms with van der Waals surface area (Å²) in [4.78, 5) is 3.23. The van der Waals surface area contributed by atoms with E-state index < -0.39 is 0 Å². The zero-order valence-corrected chi connectivity index (χ0v) is 9.86. The Balaban J connectivity index is 1.81. The fraction of sp³-hybridized carbons (Fsp3) is 0.0625. The first-order chi connectivity index (χ1) is 8.83. The zero-order chi connectivity index (χ0) is 12.4. The molecule has 0 aliphatic carbocycles. The molecular weight excluding hydrogens is 225 g/mol. The van der Waals surface area contributed by atoms with Crippen molar-refractivity contribution in [3.05, 3.63) is 78.1 Å². The lowest BCUT2D eigenvalue weighted by molar-refractivity contribution is 0.626. The molecule has 0 fully saturated rings. The highest BCUT2D eigenvalue weighted by molar-refractivity contribution is 5.84. The highest BCUT2D eigenvalue weighted by Gasteiger charge is 2.03. The molecule has 0 saturated carbocycles. The van der Waals surface area contributed by atoms with Gasteiger partial charge in [-0.25, -0.2) is 4.39 Å². The number of aromatic nitrogens is 1. The number of fused-ring (bicyclic) bond motifs is 1. The maximum Gasteiger partial charge on any atom is 0.123 e. The Hall–Kier alpha value is -2.09. The minimum absolute atomic E-state index is 0.181. The number of para-hydroxylation sites is 1. The maximum absolute atomic E-state index is 13.1. The summed E-state index contributed by atoms with van der Waals surface area (Å²) < 4.78 is 13.1. The predicted octanol–water partition coefficient (Wildman–Crippen LogP) is 4.10. The second-order valence-electron chi connectivity index (χ2n) is 4.33. The minimum Gasteiger partial charge on any atom is -0.361 e. The molecule has 1 aromatic heterocycles. The molecule has 3 aromatic rings. The molecule has 1 radical (unpaired) electrons.